The summed E-state index contributed by atoms with van der Waals surface area (Å²) in [6, 6.07) is 11.6. The highest BCUT2D eigenvalue weighted by molar-refractivity contribution is 5.80. The Labute approximate surface area is 151 Å². The van der Waals surface area contributed by atoms with Crippen LogP contribution in [0.25, 0.3) is 0 Å². The van der Waals surface area contributed by atoms with Crippen molar-refractivity contribution >= 4 is 11.8 Å². The van der Waals surface area contributed by atoms with Crippen molar-refractivity contribution in [1.29, 1.82) is 0 Å². The van der Waals surface area contributed by atoms with Crippen LogP contribution in [0.5, 0.6) is 0 Å². The largest absolute Gasteiger partial charge is 0.374 e. The second-order valence-corrected chi connectivity index (χ2v) is 6.79. The van der Waals surface area contributed by atoms with Crippen molar-refractivity contribution in [3.05, 3.63) is 53.9 Å². The molecule has 3 heterocycles. The molecule has 2 aliphatic rings. The van der Waals surface area contributed by atoms with Crippen LogP contribution in [0.4, 0.5) is 0 Å². The number of aromatic amines is 1. The van der Waals surface area contributed by atoms with Gasteiger partial charge in [0.25, 0.3) is 0 Å². The SMILES string of the molecule is O=C(Cc1ccn[nH]1)N1C[C@@H]2OCCC(=O)N(Cc3ccccc3)[C@H]2C1. The lowest BCUT2D eigenvalue weighted by atomic mass is 10.1. The number of aromatic nitrogens is 2. The van der Waals surface area contributed by atoms with E-state index in [2.05, 4.69) is 10.2 Å². The van der Waals surface area contributed by atoms with Crippen LogP contribution in [0.3, 0.4) is 0 Å². The van der Waals surface area contributed by atoms with Crippen molar-refractivity contribution < 1.29 is 14.3 Å². The molecule has 2 aliphatic heterocycles. The molecule has 0 saturated carbocycles. The summed E-state index contributed by atoms with van der Waals surface area (Å²) in [4.78, 5) is 28.9. The second-order valence-electron chi connectivity index (χ2n) is 6.79. The third-order valence-corrected chi connectivity index (χ3v) is 5.05. The van der Waals surface area contributed by atoms with E-state index >= 15 is 0 Å². The van der Waals surface area contributed by atoms with Gasteiger partial charge in [-0.3, -0.25) is 14.7 Å². The quantitative estimate of drug-likeness (QED) is 0.888. The third-order valence-electron chi connectivity index (χ3n) is 5.05. The summed E-state index contributed by atoms with van der Waals surface area (Å²) in [5.41, 5.74) is 1.88. The number of benzene rings is 1. The average molecular weight is 354 g/mol. The highest BCUT2D eigenvalue weighted by Gasteiger charge is 2.42. The number of fused-ring (bicyclic) bond motifs is 1. The van der Waals surface area contributed by atoms with Gasteiger partial charge < -0.3 is 14.5 Å². The zero-order valence-electron chi connectivity index (χ0n) is 14.5. The number of likely N-dealkylation sites (tertiary alicyclic amines) is 1. The van der Waals surface area contributed by atoms with Gasteiger partial charge >= 0.3 is 0 Å². The van der Waals surface area contributed by atoms with E-state index in [1.165, 1.54) is 0 Å². The Bertz CT molecular complexity index is 762. The molecule has 0 bridgehead atoms. The lowest BCUT2D eigenvalue weighted by Crippen LogP contribution is -2.45. The van der Waals surface area contributed by atoms with Crippen LogP contribution in [0, 0.1) is 0 Å². The molecule has 0 spiro atoms. The van der Waals surface area contributed by atoms with Gasteiger partial charge in [-0.1, -0.05) is 30.3 Å². The van der Waals surface area contributed by atoms with Crippen LogP contribution in [0.15, 0.2) is 42.6 Å². The summed E-state index contributed by atoms with van der Waals surface area (Å²) < 4.78 is 5.90. The summed E-state index contributed by atoms with van der Waals surface area (Å²) >= 11 is 0. The molecule has 1 aromatic heterocycles. The minimum absolute atomic E-state index is 0.0260. The van der Waals surface area contributed by atoms with E-state index in [1.807, 2.05) is 35.2 Å². The Morgan fingerprint density at radius 1 is 1.23 bits per heavy atom. The number of nitrogens with one attached hydrogen (secondary N) is 1. The van der Waals surface area contributed by atoms with E-state index in [9.17, 15) is 9.59 Å². The second kappa shape index (κ2) is 7.29. The lowest BCUT2D eigenvalue weighted by Gasteiger charge is -2.29. The monoisotopic (exact) mass is 354 g/mol. The number of ether oxygens (including phenoxy) is 1. The fourth-order valence-corrected chi connectivity index (χ4v) is 3.69. The highest BCUT2D eigenvalue weighted by Crippen LogP contribution is 2.25. The fourth-order valence-electron chi connectivity index (χ4n) is 3.69. The first-order valence-corrected chi connectivity index (χ1v) is 8.92. The first-order chi connectivity index (χ1) is 12.7. The molecule has 1 N–H and O–H groups in total. The molecule has 1 aromatic carbocycles. The van der Waals surface area contributed by atoms with Crippen molar-refractivity contribution in [3.63, 3.8) is 0 Å². The maximum atomic E-state index is 12.6. The van der Waals surface area contributed by atoms with Crippen LogP contribution in [-0.2, 0) is 27.3 Å². The molecule has 0 radical (unpaired) electrons. The fraction of sp³-hybridized carbons (Fsp3) is 0.421. The number of carbonyl (C=O) groups excluding carboxylic acids is 2. The Balaban J connectivity index is 1.49. The maximum Gasteiger partial charge on any atom is 0.228 e. The van der Waals surface area contributed by atoms with Gasteiger partial charge in [0.2, 0.25) is 11.8 Å². The number of hydrogen-bond donors (Lipinski definition) is 1. The molecule has 7 nitrogen and oxygen atoms in total. The molecular weight excluding hydrogens is 332 g/mol. The molecule has 2 amide bonds. The molecule has 2 aromatic rings. The van der Waals surface area contributed by atoms with Gasteiger partial charge in [0.05, 0.1) is 31.6 Å². The van der Waals surface area contributed by atoms with Crippen LogP contribution in [-0.4, -0.2) is 63.7 Å². The minimum Gasteiger partial charge on any atom is -0.374 e. The van der Waals surface area contributed by atoms with Gasteiger partial charge in [0.1, 0.15) is 0 Å². The zero-order valence-corrected chi connectivity index (χ0v) is 14.5. The molecule has 2 saturated heterocycles. The molecule has 2 fully saturated rings. The molecule has 0 unspecified atom stereocenters. The number of rotatable bonds is 4. The van der Waals surface area contributed by atoms with E-state index in [-0.39, 0.29) is 30.4 Å². The lowest BCUT2D eigenvalue weighted by molar-refractivity contribution is -0.135. The summed E-state index contributed by atoms with van der Waals surface area (Å²) in [6.07, 6.45) is 2.18. The normalized spacial score (nSPS) is 23.0. The third kappa shape index (κ3) is 3.48. The first-order valence-electron chi connectivity index (χ1n) is 8.92. The number of hydrogen-bond acceptors (Lipinski definition) is 4. The number of carbonyl (C=O) groups is 2. The molecule has 2 atom stereocenters. The summed E-state index contributed by atoms with van der Waals surface area (Å²) in [5, 5.41) is 6.70. The Kier molecular flexibility index (Phi) is 4.71. The topological polar surface area (TPSA) is 78.5 Å². The average Bonchev–Trinajstić information content (AvgIpc) is 3.28. The maximum absolute atomic E-state index is 12.6. The van der Waals surface area contributed by atoms with E-state index in [4.69, 9.17) is 4.74 Å². The van der Waals surface area contributed by atoms with E-state index in [0.29, 0.717) is 32.7 Å². The Morgan fingerprint density at radius 3 is 2.85 bits per heavy atom. The van der Waals surface area contributed by atoms with E-state index in [0.717, 1.165) is 11.3 Å². The number of amides is 2. The number of H-pyrrole nitrogens is 1. The van der Waals surface area contributed by atoms with Gasteiger partial charge in [-0.2, -0.15) is 5.10 Å². The minimum atomic E-state index is -0.129. The standard InChI is InChI=1S/C19H22N4O3/c24-18-7-9-26-17-13-22(19(25)10-15-6-8-20-21-15)12-16(17)23(18)11-14-4-2-1-3-5-14/h1-6,8,16-17H,7,9-13H2,(H,20,21)/t16-,17-/m0/s1. The summed E-state index contributed by atoms with van der Waals surface area (Å²) in [5.74, 6) is 0.113. The predicted molar refractivity (Wildman–Crippen MR) is 94.0 cm³/mol. The van der Waals surface area contributed by atoms with Crippen LogP contribution in [0.2, 0.25) is 0 Å². The predicted octanol–water partition coefficient (Wildman–Crippen LogP) is 0.981. The van der Waals surface area contributed by atoms with Crippen molar-refractivity contribution in [3.8, 4) is 0 Å². The highest BCUT2D eigenvalue weighted by atomic mass is 16.5. The van der Waals surface area contributed by atoms with Crippen molar-refractivity contribution in [2.45, 2.75) is 31.5 Å². The molecule has 136 valence electrons. The molecule has 4 rings (SSSR count). The zero-order chi connectivity index (χ0) is 17.9. The van der Waals surface area contributed by atoms with Crippen LogP contribution in [0.1, 0.15) is 17.7 Å². The first kappa shape index (κ1) is 16.8. The van der Waals surface area contributed by atoms with Gasteiger partial charge in [-0.05, 0) is 11.6 Å². The van der Waals surface area contributed by atoms with Gasteiger partial charge in [-0.25, -0.2) is 0 Å². The molecule has 0 aliphatic carbocycles. The molecule has 26 heavy (non-hydrogen) atoms. The van der Waals surface area contributed by atoms with E-state index < -0.39 is 0 Å². The number of nitrogens with zero attached hydrogens (tertiary/aromatic N) is 3. The van der Waals surface area contributed by atoms with Gasteiger partial charge in [0.15, 0.2) is 0 Å². The van der Waals surface area contributed by atoms with Gasteiger partial charge in [0, 0.05) is 31.5 Å². The van der Waals surface area contributed by atoms with Crippen LogP contribution >= 0.6 is 0 Å². The molecular formula is C19H22N4O3. The Morgan fingerprint density at radius 2 is 2.08 bits per heavy atom. The van der Waals surface area contributed by atoms with Crippen molar-refractivity contribution in [1.82, 2.24) is 20.0 Å². The molecule has 7 heteroatoms. The van der Waals surface area contributed by atoms with Crippen molar-refractivity contribution in [2.24, 2.45) is 0 Å². The summed E-state index contributed by atoms with van der Waals surface area (Å²) in [7, 11) is 0. The van der Waals surface area contributed by atoms with Gasteiger partial charge in [-0.15, -0.1) is 0 Å². The van der Waals surface area contributed by atoms with Crippen molar-refractivity contribution in [2.75, 3.05) is 19.7 Å². The van der Waals surface area contributed by atoms with E-state index in [1.54, 1.807) is 17.2 Å². The Hall–Kier alpha value is -2.67. The van der Waals surface area contributed by atoms with Crippen LogP contribution < -0.4 is 0 Å². The summed E-state index contributed by atoms with van der Waals surface area (Å²) in [6.45, 7) is 1.99. The smallest absolute Gasteiger partial charge is 0.228 e.